The van der Waals surface area contributed by atoms with Crippen molar-refractivity contribution >= 4 is 11.6 Å². The van der Waals surface area contributed by atoms with E-state index in [4.69, 9.17) is 4.74 Å². The highest BCUT2D eigenvalue weighted by Gasteiger charge is 2.21. The summed E-state index contributed by atoms with van der Waals surface area (Å²) in [6, 6.07) is 14.5. The average molecular weight is 384 g/mol. The van der Waals surface area contributed by atoms with Crippen molar-refractivity contribution in [3.8, 4) is 5.75 Å². The topological polar surface area (TPSA) is 32.8 Å². The van der Waals surface area contributed by atoms with Crippen molar-refractivity contribution in [2.45, 2.75) is 26.2 Å². The lowest BCUT2D eigenvalue weighted by molar-refractivity contribution is -0.116. The second kappa shape index (κ2) is 9.69. The van der Waals surface area contributed by atoms with Gasteiger partial charge in [-0.25, -0.2) is 4.39 Å². The summed E-state index contributed by atoms with van der Waals surface area (Å²) >= 11 is 0. The van der Waals surface area contributed by atoms with E-state index in [0.29, 0.717) is 12.5 Å². The third-order valence-electron chi connectivity index (χ3n) is 5.55. The Hall–Kier alpha value is -2.40. The highest BCUT2D eigenvalue weighted by molar-refractivity contribution is 5.91. The summed E-state index contributed by atoms with van der Waals surface area (Å²) in [6.07, 6.45) is 3.29. The molecule has 3 rings (SSSR count). The van der Waals surface area contributed by atoms with Crippen molar-refractivity contribution in [3.05, 3.63) is 59.9 Å². The van der Waals surface area contributed by atoms with Crippen molar-refractivity contribution in [2.75, 3.05) is 38.2 Å². The third kappa shape index (κ3) is 5.55. The number of anilines is 1. The van der Waals surface area contributed by atoms with Crippen molar-refractivity contribution in [3.63, 3.8) is 0 Å². The molecule has 1 aliphatic heterocycles. The lowest BCUT2D eigenvalue weighted by atomic mass is 9.90. The molecule has 28 heavy (non-hydrogen) atoms. The number of methoxy groups -OCH3 is 1. The molecule has 0 radical (unpaired) electrons. The largest absolute Gasteiger partial charge is 0.497 e. The third-order valence-corrected chi connectivity index (χ3v) is 5.55. The minimum atomic E-state index is -0.176. The Morgan fingerprint density at radius 3 is 2.32 bits per heavy atom. The number of halogens is 1. The molecule has 1 amide bonds. The van der Waals surface area contributed by atoms with Gasteiger partial charge in [0.2, 0.25) is 5.91 Å². The first kappa shape index (κ1) is 20.3. The molecule has 4 nitrogen and oxygen atoms in total. The molecule has 0 atom stereocenters. The maximum absolute atomic E-state index is 13.0. The van der Waals surface area contributed by atoms with E-state index in [1.165, 1.54) is 5.56 Å². The summed E-state index contributed by atoms with van der Waals surface area (Å²) in [6.45, 7) is 5.25. The normalized spacial score (nSPS) is 15.4. The fraction of sp³-hybridized carbons (Fsp3) is 0.435. The number of ether oxygens (including phenoxy) is 1. The number of benzene rings is 2. The van der Waals surface area contributed by atoms with E-state index in [1.54, 1.807) is 26.2 Å². The number of likely N-dealkylation sites (tertiary alicyclic amines) is 1. The van der Waals surface area contributed by atoms with Crippen molar-refractivity contribution in [2.24, 2.45) is 5.92 Å². The summed E-state index contributed by atoms with van der Waals surface area (Å²) in [5.74, 6) is 1.31. The molecule has 0 aliphatic carbocycles. The van der Waals surface area contributed by atoms with E-state index in [-0.39, 0.29) is 11.7 Å². The average Bonchev–Trinajstić information content (AvgIpc) is 2.71. The number of carbonyl (C=O) groups excluding carboxylic acids is 1. The number of nitrogens with zero attached hydrogens (tertiary/aromatic N) is 2. The fourth-order valence-electron chi connectivity index (χ4n) is 3.84. The Kier molecular flexibility index (Phi) is 7.04. The molecule has 2 aromatic rings. The van der Waals surface area contributed by atoms with Crippen LogP contribution < -0.4 is 9.64 Å². The molecule has 1 heterocycles. The van der Waals surface area contributed by atoms with Gasteiger partial charge in [-0.1, -0.05) is 12.1 Å². The van der Waals surface area contributed by atoms with Crippen LogP contribution >= 0.6 is 0 Å². The van der Waals surface area contributed by atoms with Crippen LogP contribution in [-0.4, -0.2) is 44.1 Å². The Balaban J connectivity index is 1.47. The minimum Gasteiger partial charge on any atom is -0.497 e. The van der Waals surface area contributed by atoms with Crippen LogP contribution in [0.4, 0.5) is 10.1 Å². The van der Waals surface area contributed by atoms with Gasteiger partial charge in [0, 0.05) is 25.7 Å². The van der Waals surface area contributed by atoms with Gasteiger partial charge in [0.05, 0.1) is 7.11 Å². The van der Waals surface area contributed by atoms with Gasteiger partial charge >= 0.3 is 0 Å². The van der Waals surface area contributed by atoms with Crippen molar-refractivity contribution < 1.29 is 13.9 Å². The molecule has 0 unspecified atom stereocenters. The van der Waals surface area contributed by atoms with Gasteiger partial charge in [-0.3, -0.25) is 4.79 Å². The highest BCUT2D eigenvalue weighted by Crippen LogP contribution is 2.23. The van der Waals surface area contributed by atoms with E-state index in [9.17, 15) is 9.18 Å². The second-order valence-electron chi connectivity index (χ2n) is 7.48. The molecule has 0 bridgehead atoms. The van der Waals surface area contributed by atoms with Gasteiger partial charge in [0.15, 0.2) is 0 Å². The molecule has 0 aromatic heterocycles. The lowest BCUT2D eigenvalue weighted by Gasteiger charge is -2.33. The molecule has 0 saturated carbocycles. The first-order valence-corrected chi connectivity index (χ1v) is 9.94. The van der Waals surface area contributed by atoms with Gasteiger partial charge in [-0.15, -0.1) is 0 Å². The van der Waals surface area contributed by atoms with Crippen LogP contribution in [0.15, 0.2) is 48.5 Å². The molecule has 2 aromatic carbocycles. The molecular weight excluding hydrogens is 355 g/mol. The van der Waals surface area contributed by atoms with Crippen LogP contribution in [-0.2, 0) is 11.2 Å². The van der Waals surface area contributed by atoms with Gasteiger partial charge < -0.3 is 14.5 Å². The predicted molar refractivity (Wildman–Crippen MR) is 110 cm³/mol. The maximum Gasteiger partial charge on any atom is 0.223 e. The molecule has 5 heteroatoms. The van der Waals surface area contributed by atoms with Crippen LogP contribution in [0.3, 0.4) is 0 Å². The Morgan fingerprint density at radius 2 is 1.75 bits per heavy atom. The van der Waals surface area contributed by atoms with Gasteiger partial charge in [-0.05, 0) is 80.2 Å². The molecule has 1 fully saturated rings. The highest BCUT2D eigenvalue weighted by atomic mass is 19.1. The number of carbonyl (C=O) groups is 1. The summed E-state index contributed by atoms with van der Waals surface area (Å²) in [5.41, 5.74) is 2.11. The van der Waals surface area contributed by atoms with Gasteiger partial charge in [-0.2, -0.15) is 0 Å². The Labute approximate surface area is 166 Å². The molecule has 1 aliphatic rings. The van der Waals surface area contributed by atoms with Crippen LogP contribution in [0.25, 0.3) is 0 Å². The number of rotatable bonds is 7. The van der Waals surface area contributed by atoms with Crippen LogP contribution in [0.2, 0.25) is 0 Å². The molecule has 0 N–H and O–H groups in total. The molecular formula is C23H29FN2O2. The van der Waals surface area contributed by atoms with E-state index in [0.717, 1.165) is 50.3 Å². The number of amides is 1. The monoisotopic (exact) mass is 384 g/mol. The van der Waals surface area contributed by atoms with E-state index < -0.39 is 0 Å². The van der Waals surface area contributed by atoms with E-state index >= 15 is 0 Å². The number of hydrogen-bond acceptors (Lipinski definition) is 3. The fourth-order valence-corrected chi connectivity index (χ4v) is 3.84. The Bertz CT molecular complexity index is 753. The zero-order valence-corrected chi connectivity index (χ0v) is 16.7. The summed E-state index contributed by atoms with van der Waals surface area (Å²) in [4.78, 5) is 16.4. The number of hydrogen-bond donors (Lipinski definition) is 0. The van der Waals surface area contributed by atoms with Crippen LogP contribution in [0.5, 0.6) is 5.75 Å². The number of piperidine rings is 1. The quantitative estimate of drug-likeness (QED) is 0.719. The van der Waals surface area contributed by atoms with Crippen molar-refractivity contribution in [1.29, 1.82) is 0 Å². The Morgan fingerprint density at radius 1 is 1.11 bits per heavy atom. The van der Waals surface area contributed by atoms with Crippen molar-refractivity contribution in [1.82, 2.24) is 4.90 Å². The van der Waals surface area contributed by atoms with Gasteiger partial charge in [0.25, 0.3) is 0 Å². The first-order valence-electron chi connectivity index (χ1n) is 9.94. The summed E-state index contributed by atoms with van der Waals surface area (Å²) in [5, 5.41) is 0. The zero-order valence-electron chi connectivity index (χ0n) is 16.7. The zero-order chi connectivity index (χ0) is 19.9. The standard InChI is InChI=1S/C23H29FN2O2/c1-18(27)26(22-7-9-23(28-2)10-8-22)16-15-25-13-11-20(12-14-25)17-19-3-5-21(24)6-4-19/h3-10,20H,11-17H2,1-2H3. The maximum atomic E-state index is 13.0. The lowest BCUT2D eigenvalue weighted by Crippen LogP contribution is -2.41. The smallest absolute Gasteiger partial charge is 0.223 e. The first-order chi connectivity index (χ1) is 13.5. The molecule has 0 spiro atoms. The van der Waals surface area contributed by atoms with Gasteiger partial charge in [0.1, 0.15) is 11.6 Å². The second-order valence-corrected chi connectivity index (χ2v) is 7.48. The van der Waals surface area contributed by atoms with E-state index in [2.05, 4.69) is 4.90 Å². The summed E-state index contributed by atoms with van der Waals surface area (Å²) in [7, 11) is 1.64. The van der Waals surface area contributed by atoms with Crippen LogP contribution in [0, 0.1) is 11.7 Å². The SMILES string of the molecule is COc1ccc(N(CCN2CCC(Cc3ccc(F)cc3)CC2)C(C)=O)cc1. The van der Waals surface area contributed by atoms with Crippen LogP contribution in [0.1, 0.15) is 25.3 Å². The van der Waals surface area contributed by atoms with E-state index in [1.807, 2.05) is 41.3 Å². The minimum absolute atomic E-state index is 0.0522. The summed E-state index contributed by atoms with van der Waals surface area (Å²) < 4.78 is 18.2. The molecule has 1 saturated heterocycles. The predicted octanol–water partition coefficient (Wildman–Crippen LogP) is 4.14. The molecule has 150 valence electrons.